The number of amides is 1. The van der Waals surface area contributed by atoms with Crippen molar-refractivity contribution >= 4 is 17.5 Å². The molecule has 2 N–H and O–H groups in total. The Hall–Kier alpha value is -2.83. The molecule has 7 nitrogen and oxygen atoms in total. The molecule has 1 saturated carbocycles. The van der Waals surface area contributed by atoms with Crippen LogP contribution >= 0.6 is 0 Å². The van der Waals surface area contributed by atoms with E-state index in [1.807, 2.05) is 6.92 Å². The number of benzene rings is 1. The summed E-state index contributed by atoms with van der Waals surface area (Å²) in [7, 11) is 3.11. The van der Waals surface area contributed by atoms with Crippen LogP contribution in [0, 0.1) is 6.92 Å². The van der Waals surface area contributed by atoms with Gasteiger partial charge in [-0.2, -0.15) is 0 Å². The Morgan fingerprint density at radius 2 is 1.96 bits per heavy atom. The quantitative estimate of drug-likeness (QED) is 0.848. The van der Waals surface area contributed by atoms with Gasteiger partial charge >= 0.3 is 0 Å². The molecule has 1 aromatic heterocycles. The fourth-order valence-corrected chi connectivity index (χ4v) is 2.26. The van der Waals surface area contributed by atoms with E-state index in [2.05, 4.69) is 20.6 Å². The first kappa shape index (κ1) is 16.0. The summed E-state index contributed by atoms with van der Waals surface area (Å²) in [5.74, 6) is 1.33. The Morgan fingerprint density at radius 1 is 1.17 bits per heavy atom. The Kier molecular flexibility index (Phi) is 4.50. The van der Waals surface area contributed by atoms with Crippen LogP contribution in [0.1, 0.15) is 29.0 Å². The van der Waals surface area contributed by atoms with Gasteiger partial charge in [-0.25, -0.2) is 9.97 Å². The second-order valence-electron chi connectivity index (χ2n) is 5.66. The fraction of sp³-hybridized carbons (Fsp3) is 0.353. The Bertz CT molecular complexity index is 759. The molecular formula is C17H20N4O3. The highest BCUT2D eigenvalue weighted by Gasteiger charge is 2.23. The molecular weight excluding hydrogens is 308 g/mol. The number of aromatic nitrogens is 2. The zero-order valence-electron chi connectivity index (χ0n) is 13.9. The Labute approximate surface area is 140 Å². The van der Waals surface area contributed by atoms with Crippen molar-refractivity contribution in [2.24, 2.45) is 0 Å². The second kappa shape index (κ2) is 6.74. The number of carbonyl (C=O) groups is 1. The van der Waals surface area contributed by atoms with E-state index in [1.165, 1.54) is 0 Å². The normalized spacial score (nSPS) is 13.3. The van der Waals surface area contributed by atoms with Crippen molar-refractivity contribution in [2.75, 3.05) is 24.9 Å². The molecule has 0 radical (unpaired) electrons. The standard InChI is InChI=1S/C17H20N4O3/c1-10-8-14(21-17(18-10)19-11-4-5-11)16(22)20-13-9-12(23-2)6-7-15(13)24-3/h6-9,11H,4-5H2,1-3H3,(H,20,22)(H,18,19,21). The third-order valence-corrected chi connectivity index (χ3v) is 3.65. The lowest BCUT2D eigenvalue weighted by molar-refractivity contribution is 0.102. The lowest BCUT2D eigenvalue weighted by Gasteiger charge is -2.12. The molecule has 1 aliphatic carbocycles. The zero-order valence-corrected chi connectivity index (χ0v) is 13.9. The predicted octanol–water partition coefficient (Wildman–Crippen LogP) is 2.63. The molecule has 1 fully saturated rings. The van der Waals surface area contributed by atoms with E-state index in [1.54, 1.807) is 38.5 Å². The minimum Gasteiger partial charge on any atom is -0.497 e. The number of anilines is 2. The molecule has 0 aliphatic heterocycles. The maximum absolute atomic E-state index is 12.6. The smallest absolute Gasteiger partial charge is 0.274 e. The van der Waals surface area contributed by atoms with Gasteiger partial charge in [0.2, 0.25) is 5.95 Å². The first-order valence-corrected chi connectivity index (χ1v) is 7.74. The van der Waals surface area contributed by atoms with Gasteiger partial charge in [0.05, 0.1) is 19.9 Å². The number of carbonyl (C=O) groups excluding carboxylic acids is 1. The summed E-state index contributed by atoms with van der Waals surface area (Å²) in [5, 5.41) is 6.02. The van der Waals surface area contributed by atoms with Crippen LogP contribution in [-0.4, -0.2) is 36.1 Å². The van der Waals surface area contributed by atoms with Crippen molar-refractivity contribution in [1.82, 2.24) is 9.97 Å². The van der Waals surface area contributed by atoms with Crippen molar-refractivity contribution in [3.63, 3.8) is 0 Å². The molecule has 0 bridgehead atoms. The van der Waals surface area contributed by atoms with E-state index >= 15 is 0 Å². The summed E-state index contributed by atoms with van der Waals surface area (Å²) < 4.78 is 10.5. The van der Waals surface area contributed by atoms with Crippen LogP contribution in [-0.2, 0) is 0 Å². The van der Waals surface area contributed by atoms with E-state index < -0.39 is 0 Å². The third-order valence-electron chi connectivity index (χ3n) is 3.65. The van der Waals surface area contributed by atoms with Crippen molar-refractivity contribution < 1.29 is 14.3 Å². The van der Waals surface area contributed by atoms with E-state index in [0.29, 0.717) is 34.9 Å². The summed E-state index contributed by atoms with van der Waals surface area (Å²) in [5.41, 5.74) is 1.56. The van der Waals surface area contributed by atoms with Crippen LogP contribution in [0.5, 0.6) is 11.5 Å². The first-order valence-electron chi connectivity index (χ1n) is 7.74. The van der Waals surface area contributed by atoms with Gasteiger partial charge in [-0.1, -0.05) is 0 Å². The lowest BCUT2D eigenvalue weighted by atomic mass is 10.2. The summed E-state index contributed by atoms with van der Waals surface area (Å²) in [4.78, 5) is 21.2. The van der Waals surface area contributed by atoms with Gasteiger partial charge in [0.1, 0.15) is 17.2 Å². The maximum atomic E-state index is 12.6. The number of methoxy groups -OCH3 is 2. The zero-order chi connectivity index (χ0) is 17.1. The number of nitrogens with one attached hydrogen (secondary N) is 2. The topological polar surface area (TPSA) is 85.4 Å². The van der Waals surface area contributed by atoms with Gasteiger partial charge in [-0.15, -0.1) is 0 Å². The highest BCUT2D eigenvalue weighted by Crippen LogP contribution is 2.29. The van der Waals surface area contributed by atoms with E-state index in [4.69, 9.17) is 9.47 Å². The van der Waals surface area contributed by atoms with Crippen LogP contribution in [0.4, 0.5) is 11.6 Å². The number of ether oxygens (including phenoxy) is 2. The van der Waals surface area contributed by atoms with E-state index in [9.17, 15) is 4.79 Å². The molecule has 1 heterocycles. The SMILES string of the molecule is COc1ccc(OC)c(NC(=O)c2cc(C)nc(NC3CC3)n2)c1. The molecule has 3 rings (SSSR count). The van der Waals surface area contributed by atoms with Gasteiger partial charge < -0.3 is 20.1 Å². The average Bonchev–Trinajstić information content (AvgIpc) is 3.38. The Balaban J connectivity index is 1.83. The van der Waals surface area contributed by atoms with Crippen molar-refractivity contribution in [3.8, 4) is 11.5 Å². The average molecular weight is 328 g/mol. The monoisotopic (exact) mass is 328 g/mol. The van der Waals surface area contributed by atoms with Gasteiger partial charge in [-0.05, 0) is 38.0 Å². The Morgan fingerprint density at radius 3 is 2.62 bits per heavy atom. The highest BCUT2D eigenvalue weighted by atomic mass is 16.5. The number of nitrogens with zero attached hydrogens (tertiary/aromatic N) is 2. The van der Waals surface area contributed by atoms with Gasteiger partial charge in [0, 0.05) is 17.8 Å². The molecule has 1 aliphatic rings. The van der Waals surface area contributed by atoms with Crippen molar-refractivity contribution in [1.29, 1.82) is 0 Å². The largest absolute Gasteiger partial charge is 0.497 e. The van der Waals surface area contributed by atoms with Crippen molar-refractivity contribution in [2.45, 2.75) is 25.8 Å². The number of aryl methyl sites for hydroxylation is 1. The number of hydrogen-bond acceptors (Lipinski definition) is 6. The molecule has 1 aromatic carbocycles. The molecule has 0 atom stereocenters. The fourth-order valence-electron chi connectivity index (χ4n) is 2.26. The molecule has 24 heavy (non-hydrogen) atoms. The molecule has 7 heteroatoms. The molecule has 0 saturated heterocycles. The van der Waals surface area contributed by atoms with E-state index in [-0.39, 0.29) is 5.91 Å². The van der Waals surface area contributed by atoms with Crippen LogP contribution in [0.25, 0.3) is 0 Å². The van der Waals surface area contributed by atoms with Crippen LogP contribution in [0.3, 0.4) is 0 Å². The number of hydrogen-bond donors (Lipinski definition) is 2. The molecule has 126 valence electrons. The summed E-state index contributed by atoms with van der Waals surface area (Å²) in [6.45, 7) is 1.84. The maximum Gasteiger partial charge on any atom is 0.274 e. The highest BCUT2D eigenvalue weighted by molar-refractivity contribution is 6.04. The molecule has 0 spiro atoms. The van der Waals surface area contributed by atoms with Gasteiger partial charge in [0.15, 0.2) is 0 Å². The predicted molar refractivity (Wildman–Crippen MR) is 90.9 cm³/mol. The van der Waals surface area contributed by atoms with Crippen LogP contribution < -0.4 is 20.1 Å². The summed E-state index contributed by atoms with van der Waals surface area (Å²) in [6.07, 6.45) is 2.22. The third kappa shape index (κ3) is 3.73. The van der Waals surface area contributed by atoms with Gasteiger partial charge in [-0.3, -0.25) is 4.79 Å². The lowest BCUT2D eigenvalue weighted by Crippen LogP contribution is -2.17. The molecule has 1 amide bonds. The van der Waals surface area contributed by atoms with Gasteiger partial charge in [0.25, 0.3) is 5.91 Å². The van der Waals surface area contributed by atoms with Crippen LogP contribution in [0.15, 0.2) is 24.3 Å². The van der Waals surface area contributed by atoms with Crippen molar-refractivity contribution in [3.05, 3.63) is 35.7 Å². The molecule has 0 unspecified atom stereocenters. The minimum absolute atomic E-state index is 0.301. The van der Waals surface area contributed by atoms with E-state index in [0.717, 1.165) is 18.5 Å². The summed E-state index contributed by atoms with van der Waals surface area (Å²) in [6, 6.07) is 7.27. The van der Waals surface area contributed by atoms with Crippen LogP contribution in [0.2, 0.25) is 0 Å². The first-order chi connectivity index (χ1) is 11.6. The number of rotatable bonds is 6. The molecule has 2 aromatic rings. The summed E-state index contributed by atoms with van der Waals surface area (Å²) >= 11 is 0. The minimum atomic E-state index is -0.328. The second-order valence-corrected chi connectivity index (χ2v) is 5.66.